The second-order valence-electron chi connectivity index (χ2n) is 3.68. The maximum absolute atomic E-state index is 11.6. The Bertz CT molecular complexity index is 302. The first-order valence-electron chi connectivity index (χ1n) is 4.72. The van der Waals surface area contributed by atoms with Gasteiger partial charge in [-0.2, -0.15) is 0 Å². The van der Waals surface area contributed by atoms with Crippen molar-refractivity contribution in [1.29, 1.82) is 0 Å². The third-order valence-electron chi connectivity index (χ3n) is 2.51. The van der Waals surface area contributed by atoms with Crippen molar-refractivity contribution in [3.63, 3.8) is 0 Å². The van der Waals surface area contributed by atoms with Crippen LogP contribution in [0.5, 0.6) is 0 Å². The first kappa shape index (κ1) is 11.0. The van der Waals surface area contributed by atoms with Gasteiger partial charge < -0.3 is 10.2 Å². The molecule has 84 valence electrons. The molecule has 3 unspecified atom stereocenters. The zero-order valence-corrected chi connectivity index (χ0v) is 9.77. The molecule has 2 fully saturated rings. The molecule has 2 aliphatic rings. The minimum atomic E-state index is -0.363. The number of amides is 2. The quantitative estimate of drug-likeness (QED) is 0.524. The third kappa shape index (κ3) is 1.93. The van der Waals surface area contributed by atoms with E-state index in [0.717, 1.165) is 6.54 Å². The zero-order valence-electron chi connectivity index (χ0n) is 8.20. The summed E-state index contributed by atoms with van der Waals surface area (Å²) in [7, 11) is 0. The van der Waals surface area contributed by atoms with Crippen molar-refractivity contribution >= 4 is 35.4 Å². The number of nitrogens with one attached hydrogen (secondary N) is 2. The number of thioether (sulfide) groups is 1. The van der Waals surface area contributed by atoms with Crippen molar-refractivity contribution in [3.05, 3.63) is 0 Å². The Labute approximate surface area is 97.0 Å². The van der Waals surface area contributed by atoms with E-state index in [9.17, 15) is 9.59 Å². The number of nitrogens with zero attached hydrogens (tertiary/aromatic N) is 1. The minimum Gasteiger partial charge on any atom is -0.341 e. The number of hydrogen-bond donors (Lipinski definition) is 2. The lowest BCUT2D eigenvalue weighted by Crippen LogP contribution is -2.67. The fourth-order valence-corrected chi connectivity index (χ4v) is 3.37. The molecule has 2 N–H and O–H groups in total. The highest BCUT2D eigenvalue weighted by Crippen LogP contribution is 2.39. The zero-order chi connectivity index (χ0) is 11.0. The van der Waals surface area contributed by atoms with E-state index in [1.165, 1.54) is 0 Å². The lowest BCUT2D eigenvalue weighted by Gasteiger charge is -2.41. The topological polar surface area (TPSA) is 61.4 Å². The normalized spacial score (nSPS) is 33.6. The fraction of sp³-hybridized carbons (Fsp3) is 0.750. The van der Waals surface area contributed by atoms with Crippen LogP contribution in [0, 0.1) is 0 Å². The summed E-state index contributed by atoms with van der Waals surface area (Å²) in [5, 5.41) is 3.23. The Kier molecular flexibility index (Phi) is 3.08. The molecule has 2 aliphatic heterocycles. The summed E-state index contributed by atoms with van der Waals surface area (Å²) >= 11 is 6.92. The van der Waals surface area contributed by atoms with Gasteiger partial charge in [-0.15, -0.1) is 11.8 Å². The van der Waals surface area contributed by atoms with Crippen LogP contribution in [0.4, 0.5) is 0 Å². The molecular weight excluding hydrogens is 238 g/mol. The van der Waals surface area contributed by atoms with Gasteiger partial charge in [0.25, 0.3) is 0 Å². The van der Waals surface area contributed by atoms with E-state index in [0.29, 0.717) is 5.25 Å². The monoisotopic (exact) mass is 249 g/mol. The Morgan fingerprint density at radius 1 is 1.73 bits per heavy atom. The highest BCUT2D eigenvalue weighted by atomic mass is 35.5. The van der Waals surface area contributed by atoms with Gasteiger partial charge in [0.1, 0.15) is 11.4 Å². The number of halogens is 1. The van der Waals surface area contributed by atoms with Crippen molar-refractivity contribution in [2.45, 2.75) is 23.6 Å². The van der Waals surface area contributed by atoms with Gasteiger partial charge in [0.2, 0.25) is 11.8 Å². The van der Waals surface area contributed by atoms with Crippen LogP contribution in [0.1, 0.15) is 6.92 Å². The van der Waals surface area contributed by atoms with Gasteiger partial charge in [-0.1, -0.05) is 6.92 Å². The third-order valence-corrected chi connectivity index (χ3v) is 4.06. The minimum absolute atomic E-state index is 0.0137. The van der Waals surface area contributed by atoms with E-state index in [2.05, 4.69) is 17.1 Å². The van der Waals surface area contributed by atoms with Crippen LogP contribution in [0.2, 0.25) is 0 Å². The van der Waals surface area contributed by atoms with Gasteiger partial charge >= 0.3 is 0 Å². The molecule has 0 aromatic rings. The van der Waals surface area contributed by atoms with Crippen molar-refractivity contribution < 1.29 is 9.59 Å². The van der Waals surface area contributed by atoms with Gasteiger partial charge in [0, 0.05) is 11.8 Å². The van der Waals surface area contributed by atoms with Gasteiger partial charge in [-0.25, -0.2) is 4.84 Å². The van der Waals surface area contributed by atoms with Crippen molar-refractivity contribution in [2.24, 2.45) is 0 Å². The molecule has 2 heterocycles. The highest BCUT2D eigenvalue weighted by molar-refractivity contribution is 8.00. The Hall–Kier alpha value is -0.460. The number of fused-ring (bicyclic) bond motifs is 1. The summed E-state index contributed by atoms with van der Waals surface area (Å²) in [4.78, 5) is 26.8. The average molecular weight is 250 g/mol. The number of carbonyl (C=O) groups is 2. The SMILES string of the molecule is CC1CN2C(=O)C(NC(=O)CNCl)C2S1. The van der Waals surface area contributed by atoms with Crippen LogP contribution in [-0.4, -0.2) is 46.5 Å². The molecule has 0 aliphatic carbocycles. The van der Waals surface area contributed by atoms with E-state index in [4.69, 9.17) is 11.8 Å². The Balaban J connectivity index is 1.90. The largest absolute Gasteiger partial charge is 0.341 e. The Morgan fingerprint density at radius 3 is 3.13 bits per heavy atom. The predicted molar refractivity (Wildman–Crippen MR) is 58.3 cm³/mol. The smallest absolute Gasteiger partial charge is 0.249 e. The molecular formula is C8H12ClN3O2S. The van der Waals surface area contributed by atoms with E-state index in [-0.39, 0.29) is 29.8 Å². The molecule has 2 rings (SSSR count). The van der Waals surface area contributed by atoms with Crippen molar-refractivity contribution in [3.8, 4) is 0 Å². The summed E-state index contributed by atoms with van der Waals surface area (Å²) in [5.74, 6) is -0.233. The van der Waals surface area contributed by atoms with Gasteiger partial charge in [0.15, 0.2) is 0 Å². The second kappa shape index (κ2) is 4.19. The van der Waals surface area contributed by atoms with E-state index in [1.807, 2.05) is 0 Å². The van der Waals surface area contributed by atoms with E-state index < -0.39 is 0 Å². The molecule has 3 atom stereocenters. The van der Waals surface area contributed by atoms with E-state index in [1.54, 1.807) is 16.7 Å². The molecule has 5 nitrogen and oxygen atoms in total. The number of rotatable bonds is 3. The van der Waals surface area contributed by atoms with Crippen LogP contribution in [0.15, 0.2) is 0 Å². The van der Waals surface area contributed by atoms with Crippen LogP contribution in [0.25, 0.3) is 0 Å². The molecule has 2 amide bonds. The molecule has 15 heavy (non-hydrogen) atoms. The average Bonchev–Trinajstić information content (AvgIpc) is 2.54. The van der Waals surface area contributed by atoms with Gasteiger partial charge in [0.05, 0.1) is 6.54 Å². The molecule has 0 spiro atoms. The molecule has 0 bridgehead atoms. The molecule has 7 heteroatoms. The van der Waals surface area contributed by atoms with Crippen LogP contribution in [-0.2, 0) is 9.59 Å². The second-order valence-corrected chi connectivity index (χ2v) is 5.51. The summed E-state index contributed by atoms with van der Waals surface area (Å²) in [6.07, 6.45) is 0. The molecule has 2 saturated heterocycles. The van der Waals surface area contributed by atoms with Crippen molar-refractivity contribution in [2.75, 3.05) is 13.1 Å². The van der Waals surface area contributed by atoms with Gasteiger partial charge in [-0.05, 0) is 11.8 Å². The Morgan fingerprint density at radius 2 is 2.47 bits per heavy atom. The number of hydrogen-bond acceptors (Lipinski definition) is 4. The number of carbonyl (C=O) groups excluding carboxylic acids is 2. The van der Waals surface area contributed by atoms with Crippen molar-refractivity contribution in [1.82, 2.24) is 15.1 Å². The summed E-state index contributed by atoms with van der Waals surface area (Å²) < 4.78 is 0. The maximum Gasteiger partial charge on any atom is 0.249 e. The lowest BCUT2D eigenvalue weighted by molar-refractivity contribution is -0.147. The summed E-state index contributed by atoms with van der Waals surface area (Å²) in [6.45, 7) is 2.89. The van der Waals surface area contributed by atoms with Crippen LogP contribution in [0.3, 0.4) is 0 Å². The van der Waals surface area contributed by atoms with E-state index >= 15 is 0 Å². The lowest BCUT2D eigenvalue weighted by atomic mass is 10.1. The maximum atomic E-state index is 11.6. The number of β-lactam (4-membered cyclic amide) rings is 1. The first-order valence-corrected chi connectivity index (χ1v) is 6.04. The summed E-state index contributed by atoms with van der Waals surface area (Å²) in [6, 6.07) is -0.363. The van der Waals surface area contributed by atoms with Gasteiger partial charge in [-0.3, -0.25) is 9.59 Å². The molecule has 0 saturated carbocycles. The highest BCUT2D eigenvalue weighted by Gasteiger charge is 2.52. The van der Waals surface area contributed by atoms with Crippen LogP contribution < -0.4 is 10.2 Å². The van der Waals surface area contributed by atoms with Crippen LogP contribution >= 0.6 is 23.5 Å². The molecule has 0 radical (unpaired) electrons. The standard InChI is InChI=1S/C8H12ClN3O2S/c1-4-3-12-7(14)6(8(12)15-4)11-5(13)2-10-9/h4,6,8,10H,2-3H2,1H3,(H,11,13). The first-order chi connectivity index (χ1) is 7.13. The fourth-order valence-electron chi connectivity index (χ4n) is 1.85. The summed E-state index contributed by atoms with van der Waals surface area (Å²) in [5.41, 5.74) is 0. The predicted octanol–water partition coefficient (Wildman–Crippen LogP) is -0.482. The molecule has 0 aromatic carbocycles. The molecule has 0 aromatic heterocycles.